The Labute approximate surface area is 247 Å². The first-order chi connectivity index (χ1) is 19.6. The molecule has 4 aromatic carbocycles. The van der Waals surface area contributed by atoms with Gasteiger partial charge in [0.15, 0.2) is 11.0 Å². The topological polar surface area (TPSA) is 59.8 Å². The predicted molar refractivity (Wildman–Crippen MR) is 170 cm³/mol. The van der Waals surface area contributed by atoms with Gasteiger partial charge >= 0.3 is 0 Å². The minimum absolute atomic E-state index is 0.0509. The molecule has 1 heterocycles. The second-order valence-corrected chi connectivity index (χ2v) is 12.6. The number of benzene rings is 4. The van der Waals surface area contributed by atoms with Gasteiger partial charge in [0.2, 0.25) is 5.91 Å². The number of aromatic nitrogens is 3. The van der Waals surface area contributed by atoms with Gasteiger partial charge in [-0.25, -0.2) is 0 Å². The minimum atomic E-state index is -0.542. The van der Waals surface area contributed by atoms with Crippen LogP contribution in [-0.2, 0) is 10.2 Å². The first-order valence-corrected chi connectivity index (χ1v) is 14.7. The van der Waals surface area contributed by atoms with Crippen molar-refractivity contribution in [3.63, 3.8) is 0 Å². The highest BCUT2D eigenvalue weighted by Gasteiger charge is 2.27. The molecule has 0 bridgehead atoms. The zero-order valence-corrected chi connectivity index (χ0v) is 25.3. The third kappa shape index (κ3) is 6.44. The third-order valence-electron chi connectivity index (χ3n) is 7.05. The largest absolute Gasteiger partial charge is 0.325 e. The summed E-state index contributed by atoms with van der Waals surface area (Å²) in [5, 5.41) is 12.6. The Kier molecular flexibility index (Phi) is 8.13. The van der Waals surface area contributed by atoms with Gasteiger partial charge in [-0.3, -0.25) is 9.36 Å². The number of aryl methyl sites for hydroxylation is 3. The number of hydrogen-bond acceptors (Lipinski definition) is 4. The van der Waals surface area contributed by atoms with Gasteiger partial charge in [-0.2, -0.15) is 0 Å². The quantitative estimate of drug-likeness (QED) is 0.202. The normalized spacial score (nSPS) is 12.2. The molecule has 5 aromatic rings. The fourth-order valence-corrected chi connectivity index (χ4v) is 5.99. The van der Waals surface area contributed by atoms with Crippen molar-refractivity contribution in [3.05, 3.63) is 125 Å². The minimum Gasteiger partial charge on any atom is -0.325 e. The van der Waals surface area contributed by atoms with Crippen molar-refractivity contribution >= 4 is 23.4 Å². The molecule has 0 aliphatic heterocycles. The van der Waals surface area contributed by atoms with E-state index in [1.54, 1.807) is 0 Å². The van der Waals surface area contributed by atoms with Crippen molar-refractivity contribution in [1.29, 1.82) is 0 Å². The van der Waals surface area contributed by atoms with Crippen LogP contribution in [0.3, 0.4) is 0 Å². The second-order valence-electron chi connectivity index (χ2n) is 11.5. The number of thioether (sulfide) groups is 1. The molecule has 0 aliphatic carbocycles. The molecule has 6 heteroatoms. The number of carbonyl (C=O) groups excluding carboxylic acids is 1. The molecule has 0 radical (unpaired) electrons. The Morgan fingerprint density at radius 2 is 1.44 bits per heavy atom. The van der Waals surface area contributed by atoms with Crippen molar-refractivity contribution in [2.45, 2.75) is 57.4 Å². The lowest BCUT2D eigenvalue weighted by Gasteiger charge is -2.20. The van der Waals surface area contributed by atoms with E-state index in [0.717, 1.165) is 45.0 Å². The maximum Gasteiger partial charge on any atom is 0.242 e. The number of nitrogens with zero attached hydrogens (tertiary/aromatic N) is 3. The molecule has 1 unspecified atom stereocenters. The highest BCUT2D eigenvalue weighted by atomic mass is 32.2. The van der Waals surface area contributed by atoms with Crippen LogP contribution in [-0.4, -0.2) is 20.7 Å². The highest BCUT2D eigenvalue weighted by molar-refractivity contribution is 8.00. The lowest BCUT2D eigenvalue weighted by Crippen LogP contribution is -2.19. The molecule has 41 heavy (non-hydrogen) atoms. The lowest BCUT2D eigenvalue weighted by atomic mass is 9.87. The van der Waals surface area contributed by atoms with Gasteiger partial charge < -0.3 is 5.32 Å². The molecule has 0 saturated carbocycles. The van der Waals surface area contributed by atoms with E-state index in [2.05, 4.69) is 90.2 Å². The van der Waals surface area contributed by atoms with E-state index in [4.69, 9.17) is 0 Å². The molecule has 0 fully saturated rings. The zero-order valence-electron chi connectivity index (χ0n) is 24.5. The number of carbonyl (C=O) groups is 1. The second kappa shape index (κ2) is 11.8. The van der Waals surface area contributed by atoms with Crippen molar-refractivity contribution in [1.82, 2.24) is 14.8 Å². The van der Waals surface area contributed by atoms with E-state index >= 15 is 0 Å². The average Bonchev–Trinajstić information content (AvgIpc) is 3.34. The Hall–Kier alpha value is -4.16. The van der Waals surface area contributed by atoms with Crippen LogP contribution in [0.5, 0.6) is 0 Å². The van der Waals surface area contributed by atoms with Crippen molar-refractivity contribution in [2.24, 2.45) is 0 Å². The molecule has 1 aromatic heterocycles. The SMILES string of the molecule is Cc1cc(C)cc(NC(=O)C(Sc2nnc(-c3ccc(C(C)(C)C)cc3)n2-c2ccccc2C)c2ccccc2)c1. The Morgan fingerprint density at radius 3 is 2.07 bits per heavy atom. The van der Waals surface area contributed by atoms with Gasteiger partial charge in [0.1, 0.15) is 5.25 Å². The van der Waals surface area contributed by atoms with Crippen molar-refractivity contribution in [3.8, 4) is 17.1 Å². The molecule has 1 atom stereocenters. The Bertz CT molecular complexity index is 1650. The summed E-state index contributed by atoms with van der Waals surface area (Å²) in [7, 11) is 0. The molecule has 0 spiro atoms. The molecule has 5 nitrogen and oxygen atoms in total. The zero-order chi connectivity index (χ0) is 29.1. The van der Waals surface area contributed by atoms with Crippen LogP contribution in [0.15, 0.2) is 102 Å². The Morgan fingerprint density at radius 1 is 0.805 bits per heavy atom. The standard InChI is InChI=1S/C35H36N4OS/c1-23-20-24(2)22-29(21-23)36-33(40)31(26-13-8-7-9-14-26)41-34-38-37-32(39(34)30-15-11-10-12-25(30)3)27-16-18-28(19-17-27)35(4,5)6/h7-22,31H,1-6H3,(H,36,40). The van der Waals surface area contributed by atoms with Crippen molar-refractivity contribution in [2.75, 3.05) is 5.32 Å². The molecule has 1 N–H and O–H groups in total. The smallest absolute Gasteiger partial charge is 0.242 e. The van der Waals surface area contributed by atoms with Crippen LogP contribution in [0, 0.1) is 20.8 Å². The number of anilines is 1. The molecule has 0 saturated heterocycles. The summed E-state index contributed by atoms with van der Waals surface area (Å²) in [5.41, 5.74) is 8.24. The van der Waals surface area contributed by atoms with E-state index in [1.165, 1.54) is 17.3 Å². The summed E-state index contributed by atoms with van der Waals surface area (Å²) in [6, 6.07) is 32.7. The number of amides is 1. The fourth-order valence-electron chi connectivity index (χ4n) is 4.94. The molecule has 1 amide bonds. The monoisotopic (exact) mass is 560 g/mol. The summed E-state index contributed by atoms with van der Waals surface area (Å²) in [6.45, 7) is 12.8. The number of para-hydroxylation sites is 1. The maximum absolute atomic E-state index is 13.9. The maximum atomic E-state index is 13.9. The molecular formula is C35H36N4OS. The Balaban J connectivity index is 1.58. The summed E-state index contributed by atoms with van der Waals surface area (Å²) in [4.78, 5) is 13.9. The van der Waals surface area contributed by atoms with Crippen LogP contribution in [0.25, 0.3) is 17.1 Å². The van der Waals surface area contributed by atoms with Gasteiger partial charge in [0, 0.05) is 11.3 Å². The molecule has 0 aliphatic rings. The van der Waals surface area contributed by atoms with Crippen LogP contribution in [0.4, 0.5) is 5.69 Å². The highest BCUT2D eigenvalue weighted by Crippen LogP contribution is 2.39. The van der Waals surface area contributed by atoms with Gasteiger partial charge in [-0.05, 0) is 72.2 Å². The summed E-state index contributed by atoms with van der Waals surface area (Å²) < 4.78 is 2.08. The predicted octanol–water partition coefficient (Wildman–Crippen LogP) is 8.63. The number of hydrogen-bond donors (Lipinski definition) is 1. The molecule has 208 valence electrons. The lowest BCUT2D eigenvalue weighted by molar-refractivity contribution is -0.115. The number of rotatable bonds is 7. The van der Waals surface area contributed by atoms with E-state index in [-0.39, 0.29) is 11.3 Å². The van der Waals surface area contributed by atoms with E-state index in [0.29, 0.717) is 5.16 Å². The van der Waals surface area contributed by atoms with E-state index in [9.17, 15) is 4.79 Å². The molecule has 5 rings (SSSR count). The first-order valence-electron chi connectivity index (χ1n) is 13.8. The summed E-state index contributed by atoms with van der Waals surface area (Å²) in [5.74, 6) is 0.630. The van der Waals surface area contributed by atoms with Crippen LogP contribution < -0.4 is 5.32 Å². The average molecular weight is 561 g/mol. The van der Waals surface area contributed by atoms with E-state index < -0.39 is 5.25 Å². The fraction of sp³-hybridized carbons (Fsp3) is 0.229. The van der Waals surface area contributed by atoms with Gasteiger partial charge in [-0.1, -0.05) is 111 Å². The van der Waals surface area contributed by atoms with E-state index in [1.807, 2.05) is 68.4 Å². The first kappa shape index (κ1) is 28.4. The number of nitrogens with one attached hydrogen (secondary N) is 1. The van der Waals surface area contributed by atoms with Gasteiger partial charge in [-0.15, -0.1) is 10.2 Å². The van der Waals surface area contributed by atoms with Gasteiger partial charge in [0.05, 0.1) is 5.69 Å². The summed E-state index contributed by atoms with van der Waals surface area (Å²) in [6.07, 6.45) is 0. The third-order valence-corrected chi connectivity index (χ3v) is 8.25. The van der Waals surface area contributed by atoms with Crippen molar-refractivity contribution < 1.29 is 4.79 Å². The summed E-state index contributed by atoms with van der Waals surface area (Å²) >= 11 is 1.41. The molecular weight excluding hydrogens is 524 g/mol. The van der Waals surface area contributed by atoms with Crippen LogP contribution in [0.1, 0.15) is 53.8 Å². The van der Waals surface area contributed by atoms with Gasteiger partial charge in [0.25, 0.3) is 0 Å². The van der Waals surface area contributed by atoms with Crippen LogP contribution in [0.2, 0.25) is 0 Å². The van der Waals surface area contributed by atoms with Crippen LogP contribution >= 0.6 is 11.8 Å².